The molecular formula is C24H24N2O. The molecule has 3 heteroatoms. The van der Waals surface area contributed by atoms with E-state index in [1.165, 1.54) is 16.7 Å². The number of para-hydroxylation sites is 2. The van der Waals surface area contributed by atoms with Gasteiger partial charge >= 0.3 is 0 Å². The van der Waals surface area contributed by atoms with E-state index in [1.807, 2.05) is 6.07 Å². The number of aromatic nitrogens is 2. The molecule has 0 aliphatic carbocycles. The Bertz CT molecular complexity index is 1080. The van der Waals surface area contributed by atoms with Gasteiger partial charge in [0.15, 0.2) is 0 Å². The molecule has 0 saturated heterocycles. The van der Waals surface area contributed by atoms with E-state index in [0.29, 0.717) is 6.61 Å². The van der Waals surface area contributed by atoms with Crippen LogP contribution < -0.4 is 4.74 Å². The highest BCUT2D eigenvalue weighted by atomic mass is 16.5. The molecule has 4 rings (SSSR count). The molecule has 3 nitrogen and oxygen atoms in total. The molecule has 3 aromatic carbocycles. The van der Waals surface area contributed by atoms with Crippen molar-refractivity contribution in [1.29, 1.82) is 0 Å². The average molecular weight is 356 g/mol. The first-order valence-corrected chi connectivity index (χ1v) is 9.30. The summed E-state index contributed by atoms with van der Waals surface area (Å²) < 4.78 is 8.40. The van der Waals surface area contributed by atoms with Crippen LogP contribution in [-0.4, -0.2) is 9.55 Å². The molecule has 0 spiro atoms. The Morgan fingerprint density at radius 3 is 2.41 bits per heavy atom. The van der Waals surface area contributed by atoms with E-state index < -0.39 is 0 Å². The standard InChI is InChI=1S/C24H24N2O/c1-17-9-12-20(13-10-17)15-26-22-7-5-4-6-21(22)25-24(26)16-27-23-14-18(2)8-11-19(23)3/h4-14H,15-16H2,1-3H3. The first-order chi connectivity index (χ1) is 13.1. The van der Waals surface area contributed by atoms with Gasteiger partial charge in [-0.3, -0.25) is 0 Å². The lowest BCUT2D eigenvalue weighted by Crippen LogP contribution is -2.09. The van der Waals surface area contributed by atoms with E-state index in [0.717, 1.165) is 34.7 Å². The van der Waals surface area contributed by atoms with Gasteiger partial charge in [-0.05, 0) is 55.7 Å². The highest BCUT2D eigenvalue weighted by molar-refractivity contribution is 5.76. The van der Waals surface area contributed by atoms with Crippen LogP contribution in [0.15, 0.2) is 66.7 Å². The molecule has 1 heterocycles. The average Bonchev–Trinajstić information content (AvgIpc) is 3.02. The van der Waals surface area contributed by atoms with Crippen LogP contribution in [0, 0.1) is 20.8 Å². The van der Waals surface area contributed by atoms with Crippen LogP contribution in [0.4, 0.5) is 0 Å². The van der Waals surface area contributed by atoms with E-state index in [1.54, 1.807) is 0 Å². The van der Waals surface area contributed by atoms with Crippen LogP contribution in [0.3, 0.4) is 0 Å². The van der Waals surface area contributed by atoms with Gasteiger partial charge < -0.3 is 9.30 Å². The van der Waals surface area contributed by atoms with Crippen molar-refractivity contribution in [2.75, 3.05) is 0 Å². The molecule has 0 N–H and O–H groups in total. The van der Waals surface area contributed by atoms with Gasteiger partial charge in [0.25, 0.3) is 0 Å². The highest BCUT2D eigenvalue weighted by Gasteiger charge is 2.12. The predicted octanol–water partition coefficient (Wildman–Crippen LogP) is 5.59. The van der Waals surface area contributed by atoms with E-state index in [9.17, 15) is 0 Å². The Labute approximate surface area is 160 Å². The Balaban J connectivity index is 1.67. The Morgan fingerprint density at radius 2 is 1.59 bits per heavy atom. The second kappa shape index (κ2) is 7.28. The minimum Gasteiger partial charge on any atom is -0.485 e. The summed E-state index contributed by atoms with van der Waals surface area (Å²) in [4.78, 5) is 4.83. The molecule has 0 amide bonds. The van der Waals surface area contributed by atoms with Crippen LogP contribution in [0.25, 0.3) is 11.0 Å². The van der Waals surface area contributed by atoms with Crippen LogP contribution >= 0.6 is 0 Å². The van der Waals surface area contributed by atoms with Crippen LogP contribution in [0.2, 0.25) is 0 Å². The largest absolute Gasteiger partial charge is 0.485 e. The smallest absolute Gasteiger partial charge is 0.148 e. The summed E-state index contributed by atoms with van der Waals surface area (Å²) >= 11 is 0. The summed E-state index contributed by atoms with van der Waals surface area (Å²) in [5.74, 6) is 1.86. The fourth-order valence-corrected chi connectivity index (χ4v) is 3.29. The molecule has 0 atom stereocenters. The van der Waals surface area contributed by atoms with Crippen LogP contribution in [0.5, 0.6) is 5.75 Å². The Hall–Kier alpha value is -3.07. The number of nitrogens with zero attached hydrogens (tertiary/aromatic N) is 2. The van der Waals surface area contributed by atoms with Crippen molar-refractivity contribution in [3.05, 3.63) is 94.8 Å². The van der Waals surface area contributed by atoms with E-state index >= 15 is 0 Å². The summed E-state index contributed by atoms with van der Waals surface area (Å²) in [7, 11) is 0. The SMILES string of the molecule is Cc1ccc(Cn2c(COc3cc(C)ccc3C)nc3ccccc32)cc1. The maximum absolute atomic E-state index is 6.15. The van der Waals surface area contributed by atoms with Crippen molar-refractivity contribution in [3.8, 4) is 5.75 Å². The number of aryl methyl sites for hydroxylation is 3. The van der Waals surface area contributed by atoms with Gasteiger partial charge in [-0.2, -0.15) is 0 Å². The van der Waals surface area contributed by atoms with Crippen molar-refractivity contribution in [3.63, 3.8) is 0 Å². The molecule has 0 aliphatic heterocycles. The van der Waals surface area contributed by atoms with Gasteiger partial charge in [0, 0.05) is 6.54 Å². The van der Waals surface area contributed by atoms with E-state index in [-0.39, 0.29) is 0 Å². The minimum atomic E-state index is 0.449. The molecule has 4 aromatic rings. The number of hydrogen-bond donors (Lipinski definition) is 0. The number of imidazole rings is 1. The van der Waals surface area contributed by atoms with Gasteiger partial charge in [-0.1, -0.05) is 54.1 Å². The molecule has 1 aromatic heterocycles. The van der Waals surface area contributed by atoms with Crippen molar-refractivity contribution < 1.29 is 4.74 Å². The topological polar surface area (TPSA) is 27.1 Å². The summed E-state index contributed by atoms with van der Waals surface area (Å²) in [6, 6.07) is 23.2. The van der Waals surface area contributed by atoms with Crippen molar-refractivity contribution >= 4 is 11.0 Å². The minimum absolute atomic E-state index is 0.449. The third-order valence-electron chi connectivity index (χ3n) is 4.90. The summed E-state index contributed by atoms with van der Waals surface area (Å²) in [6.07, 6.45) is 0. The van der Waals surface area contributed by atoms with Gasteiger partial charge in [-0.25, -0.2) is 4.98 Å². The lowest BCUT2D eigenvalue weighted by atomic mass is 10.1. The molecule has 0 unspecified atom stereocenters. The first-order valence-electron chi connectivity index (χ1n) is 9.30. The molecule has 136 valence electrons. The number of benzene rings is 3. The third kappa shape index (κ3) is 3.72. The number of rotatable bonds is 5. The molecular weight excluding hydrogens is 332 g/mol. The maximum atomic E-state index is 6.15. The normalized spacial score (nSPS) is 11.1. The lowest BCUT2D eigenvalue weighted by molar-refractivity contribution is 0.289. The van der Waals surface area contributed by atoms with Crippen molar-refractivity contribution in [2.24, 2.45) is 0 Å². The fourth-order valence-electron chi connectivity index (χ4n) is 3.29. The molecule has 0 bridgehead atoms. The maximum Gasteiger partial charge on any atom is 0.148 e. The fraction of sp³-hybridized carbons (Fsp3) is 0.208. The molecule has 0 aliphatic rings. The quantitative estimate of drug-likeness (QED) is 0.466. The Morgan fingerprint density at radius 1 is 0.852 bits per heavy atom. The summed E-state index contributed by atoms with van der Waals surface area (Å²) in [6.45, 7) is 7.50. The van der Waals surface area contributed by atoms with Gasteiger partial charge in [0.2, 0.25) is 0 Å². The Kier molecular flexibility index (Phi) is 4.68. The monoisotopic (exact) mass is 356 g/mol. The summed E-state index contributed by atoms with van der Waals surface area (Å²) in [5, 5.41) is 0. The predicted molar refractivity (Wildman–Crippen MR) is 110 cm³/mol. The number of ether oxygens (including phenoxy) is 1. The third-order valence-corrected chi connectivity index (χ3v) is 4.90. The van der Waals surface area contributed by atoms with Gasteiger partial charge in [0.05, 0.1) is 11.0 Å². The van der Waals surface area contributed by atoms with Gasteiger partial charge in [-0.15, -0.1) is 0 Å². The molecule has 0 radical (unpaired) electrons. The zero-order valence-corrected chi connectivity index (χ0v) is 16.1. The first kappa shape index (κ1) is 17.3. The van der Waals surface area contributed by atoms with Gasteiger partial charge in [0.1, 0.15) is 18.2 Å². The lowest BCUT2D eigenvalue weighted by Gasteiger charge is -2.12. The van der Waals surface area contributed by atoms with Crippen molar-refractivity contribution in [1.82, 2.24) is 9.55 Å². The molecule has 0 saturated carbocycles. The summed E-state index contributed by atoms with van der Waals surface area (Å²) in [5.41, 5.74) is 7.01. The van der Waals surface area contributed by atoms with Crippen molar-refractivity contribution in [2.45, 2.75) is 33.9 Å². The zero-order chi connectivity index (χ0) is 18.8. The number of fused-ring (bicyclic) bond motifs is 1. The van der Waals surface area contributed by atoms with E-state index in [2.05, 4.69) is 86.0 Å². The second-order valence-electron chi connectivity index (χ2n) is 7.15. The van der Waals surface area contributed by atoms with Crippen LogP contribution in [-0.2, 0) is 13.2 Å². The molecule has 27 heavy (non-hydrogen) atoms. The zero-order valence-electron chi connectivity index (χ0n) is 16.1. The highest BCUT2D eigenvalue weighted by Crippen LogP contribution is 2.23. The molecule has 0 fully saturated rings. The van der Waals surface area contributed by atoms with Crippen LogP contribution in [0.1, 0.15) is 28.1 Å². The number of hydrogen-bond acceptors (Lipinski definition) is 2. The second-order valence-corrected chi connectivity index (χ2v) is 7.15. The van der Waals surface area contributed by atoms with E-state index in [4.69, 9.17) is 9.72 Å².